The molecular weight excluding hydrogens is 300 g/mol. The van der Waals surface area contributed by atoms with Crippen molar-refractivity contribution >= 4 is 23.2 Å². The molecule has 0 radical (unpaired) electrons. The van der Waals surface area contributed by atoms with E-state index in [0.717, 1.165) is 17.9 Å². The van der Waals surface area contributed by atoms with Crippen molar-refractivity contribution in [3.63, 3.8) is 0 Å². The van der Waals surface area contributed by atoms with Crippen LogP contribution in [0.25, 0.3) is 0 Å². The van der Waals surface area contributed by atoms with Crippen molar-refractivity contribution in [2.75, 3.05) is 37.4 Å². The van der Waals surface area contributed by atoms with Gasteiger partial charge in [0.15, 0.2) is 0 Å². The van der Waals surface area contributed by atoms with E-state index in [1.165, 1.54) is 26.0 Å². The number of likely N-dealkylation sites (N-methyl/N-ethyl adjacent to an activating group) is 1. The van der Waals surface area contributed by atoms with E-state index in [0.29, 0.717) is 18.3 Å². The van der Waals surface area contributed by atoms with Crippen LogP contribution in [0.4, 0.5) is 21.9 Å². The minimum Gasteiger partial charge on any atom is -0.465 e. The largest absolute Gasteiger partial charge is 0.465 e. The number of benzene rings is 1. The summed E-state index contributed by atoms with van der Waals surface area (Å²) in [6.45, 7) is 1.67. The van der Waals surface area contributed by atoms with Crippen LogP contribution in [0.3, 0.4) is 0 Å². The Morgan fingerprint density at radius 1 is 1.52 bits per heavy atom. The standard InChI is InChI=1S/C15H22N4O4/c1-17-8-4-3-5-12(17)10-16-13-7-6-11(18(2)15(20)21)9-14(13)19(22)23/h6-7,9,12,16H,3-5,8,10H2,1-2H3,(H,20,21). The van der Waals surface area contributed by atoms with E-state index in [4.69, 9.17) is 5.11 Å². The van der Waals surface area contributed by atoms with Gasteiger partial charge in [0.05, 0.1) is 10.6 Å². The number of nitrogens with one attached hydrogen (secondary N) is 1. The maximum absolute atomic E-state index is 11.3. The topological polar surface area (TPSA) is 99.0 Å². The number of carbonyl (C=O) groups is 1. The number of likely N-dealkylation sites (tertiary alicyclic amines) is 1. The van der Waals surface area contributed by atoms with Gasteiger partial charge in [-0.3, -0.25) is 15.0 Å². The number of amides is 1. The number of nitro benzene ring substituents is 1. The Bertz CT molecular complexity index is 593. The highest BCUT2D eigenvalue weighted by molar-refractivity contribution is 5.86. The lowest BCUT2D eigenvalue weighted by molar-refractivity contribution is -0.383. The lowest BCUT2D eigenvalue weighted by atomic mass is 10.0. The van der Waals surface area contributed by atoms with Crippen molar-refractivity contribution < 1.29 is 14.8 Å². The number of anilines is 2. The predicted molar refractivity (Wildman–Crippen MR) is 88.3 cm³/mol. The summed E-state index contributed by atoms with van der Waals surface area (Å²) < 4.78 is 0. The SMILES string of the molecule is CN(C(=O)O)c1ccc(NCC2CCCCN2C)c([N+](=O)[O-])c1. The van der Waals surface area contributed by atoms with Gasteiger partial charge in [-0.25, -0.2) is 4.79 Å². The fourth-order valence-corrected chi connectivity index (χ4v) is 2.77. The molecular formula is C15H22N4O4. The third kappa shape index (κ3) is 4.10. The second-order valence-electron chi connectivity index (χ2n) is 5.81. The van der Waals surface area contributed by atoms with Crippen LogP contribution in [-0.4, -0.2) is 54.2 Å². The molecule has 1 aliphatic heterocycles. The number of hydrogen-bond donors (Lipinski definition) is 2. The molecule has 1 amide bonds. The van der Waals surface area contributed by atoms with Gasteiger partial charge in [-0.1, -0.05) is 6.42 Å². The highest BCUT2D eigenvalue weighted by atomic mass is 16.6. The van der Waals surface area contributed by atoms with E-state index in [1.807, 2.05) is 0 Å². The Kier molecular flexibility index (Phi) is 5.38. The fraction of sp³-hybridized carbons (Fsp3) is 0.533. The normalized spacial score (nSPS) is 18.4. The Morgan fingerprint density at radius 2 is 2.26 bits per heavy atom. The van der Waals surface area contributed by atoms with Gasteiger partial charge in [0.1, 0.15) is 5.69 Å². The van der Waals surface area contributed by atoms with Gasteiger partial charge in [-0.05, 0) is 38.6 Å². The zero-order valence-electron chi connectivity index (χ0n) is 13.4. The lowest BCUT2D eigenvalue weighted by Crippen LogP contribution is -2.40. The summed E-state index contributed by atoms with van der Waals surface area (Å²) in [6.07, 6.45) is 2.26. The molecule has 2 N–H and O–H groups in total. The molecule has 0 spiro atoms. The van der Waals surface area contributed by atoms with Crippen LogP contribution in [0.1, 0.15) is 19.3 Å². The molecule has 0 bridgehead atoms. The third-order valence-corrected chi connectivity index (χ3v) is 4.30. The molecule has 1 aliphatic rings. The van der Waals surface area contributed by atoms with Crippen LogP contribution < -0.4 is 10.2 Å². The highest BCUT2D eigenvalue weighted by Gasteiger charge is 2.22. The average molecular weight is 322 g/mol. The molecule has 126 valence electrons. The number of nitro groups is 1. The molecule has 1 aromatic carbocycles. The van der Waals surface area contributed by atoms with Gasteiger partial charge in [0.25, 0.3) is 5.69 Å². The van der Waals surface area contributed by atoms with Crippen LogP contribution in [0.15, 0.2) is 18.2 Å². The molecule has 1 heterocycles. The summed E-state index contributed by atoms with van der Waals surface area (Å²) in [4.78, 5) is 25.0. The summed E-state index contributed by atoms with van der Waals surface area (Å²) >= 11 is 0. The number of piperidine rings is 1. The van der Waals surface area contributed by atoms with Crippen molar-refractivity contribution in [3.05, 3.63) is 28.3 Å². The molecule has 1 saturated heterocycles. The Balaban J connectivity index is 2.14. The summed E-state index contributed by atoms with van der Waals surface area (Å²) in [5.41, 5.74) is 0.565. The molecule has 1 unspecified atom stereocenters. The molecule has 8 heteroatoms. The molecule has 1 fully saturated rings. The first-order valence-corrected chi connectivity index (χ1v) is 7.59. The van der Waals surface area contributed by atoms with Gasteiger partial charge in [0, 0.05) is 25.7 Å². The van der Waals surface area contributed by atoms with Crippen LogP contribution in [-0.2, 0) is 0 Å². The van der Waals surface area contributed by atoms with Crippen molar-refractivity contribution in [2.45, 2.75) is 25.3 Å². The first-order chi connectivity index (χ1) is 10.9. The first kappa shape index (κ1) is 17.0. The van der Waals surface area contributed by atoms with Gasteiger partial charge < -0.3 is 15.3 Å². The van der Waals surface area contributed by atoms with E-state index in [2.05, 4.69) is 17.3 Å². The third-order valence-electron chi connectivity index (χ3n) is 4.30. The second-order valence-corrected chi connectivity index (χ2v) is 5.81. The highest BCUT2D eigenvalue weighted by Crippen LogP contribution is 2.30. The van der Waals surface area contributed by atoms with Crippen LogP contribution in [0.2, 0.25) is 0 Å². The van der Waals surface area contributed by atoms with E-state index < -0.39 is 11.0 Å². The summed E-state index contributed by atoms with van der Waals surface area (Å²) in [6, 6.07) is 4.76. The average Bonchev–Trinajstić information content (AvgIpc) is 2.53. The van der Waals surface area contributed by atoms with E-state index in [9.17, 15) is 14.9 Å². The minimum absolute atomic E-state index is 0.117. The van der Waals surface area contributed by atoms with E-state index in [-0.39, 0.29) is 11.4 Å². The molecule has 1 aromatic rings. The van der Waals surface area contributed by atoms with Gasteiger partial charge in [0.2, 0.25) is 0 Å². The Labute approximate surface area is 134 Å². The summed E-state index contributed by atoms with van der Waals surface area (Å²) in [7, 11) is 3.41. The smallest absolute Gasteiger partial charge is 0.411 e. The summed E-state index contributed by atoms with van der Waals surface area (Å²) in [5.74, 6) is 0. The molecule has 0 aromatic heterocycles. The quantitative estimate of drug-likeness (QED) is 0.638. The van der Waals surface area contributed by atoms with Gasteiger partial charge in [-0.2, -0.15) is 0 Å². The van der Waals surface area contributed by atoms with Crippen molar-refractivity contribution in [1.29, 1.82) is 0 Å². The molecule has 1 atom stereocenters. The molecule has 2 rings (SSSR count). The second kappa shape index (κ2) is 7.28. The molecule has 8 nitrogen and oxygen atoms in total. The maximum Gasteiger partial charge on any atom is 0.411 e. The maximum atomic E-state index is 11.3. The number of hydrogen-bond acceptors (Lipinski definition) is 5. The van der Waals surface area contributed by atoms with Gasteiger partial charge >= 0.3 is 6.09 Å². The fourth-order valence-electron chi connectivity index (χ4n) is 2.77. The number of carboxylic acid groups (broad SMARTS) is 1. The van der Waals surface area contributed by atoms with Gasteiger partial charge in [-0.15, -0.1) is 0 Å². The van der Waals surface area contributed by atoms with Crippen molar-refractivity contribution in [2.24, 2.45) is 0 Å². The van der Waals surface area contributed by atoms with E-state index in [1.54, 1.807) is 12.1 Å². The Morgan fingerprint density at radius 3 is 2.87 bits per heavy atom. The predicted octanol–water partition coefficient (Wildman–Crippen LogP) is 2.61. The molecule has 0 saturated carbocycles. The lowest BCUT2D eigenvalue weighted by Gasteiger charge is -2.32. The number of rotatable bonds is 5. The molecule has 0 aliphatic carbocycles. The monoisotopic (exact) mass is 322 g/mol. The van der Waals surface area contributed by atoms with Crippen LogP contribution in [0.5, 0.6) is 0 Å². The zero-order valence-corrected chi connectivity index (χ0v) is 13.4. The van der Waals surface area contributed by atoms with Crippen LogP contribution >= 0.6 is 0 Å². The first-order valence-electron chi connectivity index (χ1n) is 7.59. The Hall–Kier alpha value is -2.35. The molecule has 23 heavy (non-hydrogen) atoms. The zero-order chi connectivity index (χ0) is 17.0. The van der Waals surface area contributed by atoms with Crippen molar-refractivity contribution in [1.82, 2.24) is 4.90 Å². The van der Waals surface area contributed by atoms with E-state index >= 15 is 0 Å². The van der Waals surface area contributed by atoms with Crippen molar-refractivity contribution in [3.8, 4) is 0 Å². The minimum atomic E-state index is -1.16. The number of nitrogens with zero attached hydrogens (tertiary/aromatic N) is 3. The van der Waals surface area contributed by atoms with Crippen LogP contribution in [0, 0.1) is 10.1 Å². The summed E-state index contributed by atoms with van der Waals surface area (Å²) in [5, 5.41) is 23.4.